The van der Waals surface area contributed by atoms with Crippen LogP contribution in [0.1, 0.15) is 6.42 Å². The molecular formula is C17H17FN2O4S. The molecule has 8 heteroatoms. The maximum atomic E-state index is 13.2. The summed E-state index contributed by atoms with van der Waals surface area (Å²) in [5, 5.41) is 2.74. The van der Waals surface area contributed by atoms with Gasteiger partial charge in [-0.15, -0.1) is 0 Å². The van der Waals surface area contributed by atoms with Crippen LogP contribution in [0.2, 0.25) is 0 Å². The molecule has 2 aromatic rings. The van der Waals surface area contributed by atoms with E-state index >= 15 is 0 Å². The molecule has 0 saturated carbocycles. The maximum absolute atomic E-state index is 13.2. The standard InChI is InChI=1S/C17H17FN2O4S/c18-13-2-1-3-15(10-13)20-25(22,23)16-6-4-14(5-7-16)19-17(21)12-8-9-24-11-12/h1-7,10,12,20H,8-9,11H2,(H,19,21)/t12-/m0/s1. The summed E-state index contributed by atoms with van der Waals surface area (Å²) in [7, 11) is -3.84. The van der Waals surface area contributed by atoms with Crippen LogP contribution in [0.25, 0.3) is 0 Å². The first-order valence-corrected chi connectivity index (χ1v) is 9.19. The molecule has 1 aliphatic heterocycles. The molecule has 2 N–H and O–H groups in total. The lowest BCUT2D eigenvalue weighted by Crippen LogP contribution is -2.22. The second kappa shape index (κ2) is 7.20. The summed E-state index contributed by atoms with van der Waals surface area (Å²) in [5.41, 5.74) is 0.639. The second-order valence-electron chi connectivity index (χ2n) is 5.69. The van der Waals surface area contributed by atoms with E-state index in [0.29, 0.717) is 25.3 Å². The number of benzene rings is 2. The molecule has 0 radical (unpaired) electrons. The highest BCUT2D eigenvalue weighted by Crippen LogP contribution is 2.20. The van der Waals surface area contributed by atoms with Crippen molar-refractivity contribution in [1.29, 1.82) is 0 Å². The van der Waals surface area contributed by atoms with Crippen LogP contribution in [0.15, 0.2) is 53.4 Å². The summed E-state index contributed by atoms with van der Waals surface area (Å²) in [6.45, 7) is 0.969. The Morgan fingerprint density at radius 2 is 1.88 bits per heavy atom. The largest absolute Gasteiger partial charge is 0.381 e. The smallest absolute Gasteiger partial charge is 0.261 e. The zero-order chi connectivity index (χ0) is 17.9. The van der Waals surface area contributed by atoms with Crippen LogP contribution < -0.4 is 10.0 Å². The van der Waals surface area contributed by atoms with Crippen molar-refractivity contribution in [2.75, 3.05) is 23.3 Å². The molecular weight excluding hydrogens is 347 g/mol. The monoisotopic (exact) mass is 364 g/mol. The van der Waals surface area contributed by atoms with E-state index in [2.05, 4.69) is 10.0 Å². The van der Waals surface area contributed by atoms with Gasteiger partial charge in [0.2, 0.25) is 5.91 Å². The second-order valence-corrected chi connectivity index (χ2v) is 7.37. The fourth-order valence-electron chi connectivity index (χ4n) is 2.47. The number of carbonyl (C=O) groups is 1. The molecule has 132 valence electrons. The highest BCUT2D eigenvalue weighted by atomic mass is 32.2. The minimum absolute atomic E-state index is 0.0129. The van der Waals surface area contributed by atoms with Crippen molar-refractivity contribution in [3.05, 3.63) is 54.3 Å². The van der Waals surface area contributed by atoms with Crippen LogP contribution in [-0.2, 0) is 19.6 Å². The van der Waals surface area contributed by atoms with E-state index in [0.717, 1.165) is 6.07 Å². The lowest BCUT2D eigenvalue weighted by atomic mass is 10.1. The third-order valence-electron chi connectivity index (χ3n) is 3.81. The number of ether oxygens (including phenoxy) is 1. The average Bonchev–Trinajstić information content (AvgIpc) is 3.09. The van der Waals surface area contributed by atoms with E-state index < -0.39 is 15.8 Å². The zero-order valence-corrected chi connectivity index (χ0v) is 14.1. The number of nitrogens with one attached hydrogen (secondary N) is 2. The van der Waals surface area contributed by atoms with Crippen molar-refractivity contribution in [3.63, 3.8) is 0 Å². The maximum Gasteiger partial charge on any atom is 0.261 e. The number of halogens is 1. The predicted molar refractivity (Wildman–Crippen MR) is 91.2 cm³/mol. The molecule has 0 bridgehead atoms. The molecule has 0 unspecified atom stereocenters. The number of rotatable bonds is 5. The molecule has 6 nitrogen and oxygen atoms in total. The van der Waals surface area contributed by atoms with Crippen LogP contribution in [0.5, 0.6) is 0 Å². The van der Waals surface area contributed by atoms with Crippen LogP contribution >= 0.6 is 0 Å². The predicted octanol–water partition coefficient (Wildman–Crippen LogP) is 2.60. The summed E-state index contributed by atoms with van der Waals surface area (Å²) in [6.07, 6.45) is 0.676. The summed E-state index contributed by atoms with van der Waals surface area (Å²) in [4.78, 5) is 12.0. The highest BCUT2D eigenvalue weighted by molar-refractivity contribution is 7.92. The van der Waals surface area contributed by atoms with Crippen LogP contribution in [0.3, 0.4) is 0 Å². The first-order valence-electron chi connectivity index (χ1n) is 7.71. The van der Waals surface area contributed by atoms with Gasteiger partial charge in [0, 0.05) is 12.3 Å². The number of carbonyl (C=O) groups excluding carboxylic acids is 1. The molecule has 0 aromatic heterocycles. The summed E-state index contributed by atoms with van der Waals surface area (Å²) < 4.78 is 45.3. The molecule has 1 heterocycles. The Labute approximate surface area is 145 Å². The van der Waals surface area contributed by atoms with Gasteiger partial charge < -0.3 is 10.1 Å². The van der Waals surface area contributed by atoms with Crippen molar-refractivity contribution in [2.24, 2.45) is 5.92 Å². The van der Waals surface area contributed by atoms with Gasteiger partial charge in [0.1, 0.15) is 5.82 Å². The fourth-order valence-corrected chi connectivity index (χ4v) is 3.52. The van der Waals surface area contributed by atoms with Gasteiger partial charge in [-0.3, -0.25) is 9.52 Å². The summed E-state index contributed by atoms with van der Waals surface area (Å²) in [5.74, 6) is -0.863. The Morgan fingerprint density at radius 3 is 2.52 bits per heavy atom. The minimum Gasteiger partial charge on any atom is -0.381 e. The number of hydrogen-bond acceptors (Lipinski definition) is 4. The molecule has 2 aromatic carbocycles. The molecule has 25 heavy (non-hydrogen) atoms. The molecule has 3 rings (SSSR count). The Hall–Kier alpha value is -2.45. The number of anilines is 2. The topological polar surface area (TPSA) is 84.5 Å². The van der Waals surface area contributed by atoms with Crippen LogP contribution in [-0.4, -0.2) is 27.5 Å². The van der Waals surface area contributed by atoms with Gasteiger partial charge in [-0.25, -0.2) is 12.8 Å². The third kappa shape index (κ3) is 4.34. The van der Waals surface area contributed by atoms with E-state index in [4.69, 9.17) is 4.74 Å². The summed E-state index contributed by atoms with van der Waals surface area (Å²) >= 11 is 0. The van der Waals surface area contributed by atoms with Crippen molar-refractivity contribution in [1.82, 2.24) is 0 Å². The normalized spacial score (nSPS) is 17.2. The Kier molecular flexibility index (Phi) is 5.00. The molecule has 1 fully saturated rings. The molecule has 1 atom stereocenters. The minimum atomic E-state index is -3.84. The van der Waals surface area contributed by atoms with Gasteiger partial charge in [-0.05, 0) is 48.9 Å². The fraction of sp³-hybridized carbons (Fsp3) is 0.235. The van der Waals surface area contributed by atoms with Crippen molar-refractivity contribution < 1.29 is 22.3 Å². The summed E-state index contributed by atoms with van der Waals surface area (Å²) in [6, 6.07) is 11.0. The van der Waals surface area contributed by atoms with Gasteiger partial charge in [0.05, 0.1) is 23.1 Å². The van der Waals surface area contributed by atoms with Crippen molar-refractivity contribution in [2.45, 2.75) is 11.3 Å². The van der Waals surface area contributed by atoms with Gasteiger partial charge in [0.15, 0.2) is 0 Å². The Morgan fingerprint density at radius 1 is 1.12 bits per heavy atom. The van der Waals surface area contributed by atoms with E-state index in [9.17, 15) is 17.6 Å². The molecule has 1 aliphatic rings. The van der Waals surface area contributed by atoms with E-state index in [1.807, 2.05) is 0 Å². The van der Waals surface area contributed by atoms with E-state index in [1.165, 1.54) is 42.5 Å². The lowest BCUT2D eigenvalue weighted by Gasteiger charge is -2.11. The van der Waals surface area contributed by atoms with Gasteiger partial charge in [0.25, 0.3) is 10.0 Å². The Balaban J connectivity index is 1.69. The molecule has 0 spiro atoms. The van der Waals surface area contributed by atoms with Gasteiger partial charge in [-0.2, -0.15) is 0 Å². The van der Waals surface area contributed by atoms with Gasteiger partial charge >= 0.3 is 0 Å². The molecule has 0 aliphatic carbocycles. The first-order chi connectivity index (χ1) is 11.9. The van der Waals surface area contributed by atoms with E-state index in [-0.39, 0.29) is 22.4 Å². The zero-order valence-electron chi connectivity index (χ0n) is 13.2. The third-order valence-corrected chi connectivity index (χ3v) is 5.21. The van der Waals surface area contributed by atoms with E-state index in [1.54, 1.807) is 0 Å². The Bertz CT molecular complexity index is 862. The average molecular weight is 364 g/mol. The number of sulfonamides is 1. The lowest BCUT2D eigenvalue weighted by molar-refractivity contribution is -0.119. The molecule has 1 amide bonds. The molecule has 1 saturated heterocycles. The first kappa shape index (κ1) is 17.4. The number of amides is 1. The SMILES string of the molecule is O=C(Nc1ccc(S(=O)(=O)Nc2cccc(F)c2)cc1)[C@H]1CCOC1. The van der Waals surface area contributed by atoms with Crippen molar-refractivity contribution >= 4 is 27.3 Å². The van der Waals surface area contributed by atoms with Crippen LogP contribution in [0.4, 0.5) is 15.8 Å². The van der Waals surface area contributed by atoms with Crippen LogP contribution in [0, 0.1) is 11.7 Å². The number of hydrogen-bond donors (Lipinski definition) is 2. The quantitative estimate of drug-likeness (QED) is 0.854. The highest BCUT2D eigenvalue weighted by Gasteiger charge is 2.23. The van der Waals surface area contributed by atoms with Crippen molar-refractivity contribution in [3.8, 4) is 0 Å². The van der Waals surface area contributed by atoms with Gasteiger partial charge in [-0.1, -0.05) is 6.07 Å².